The van der Waals surface area contributed by atoms with E-state index >= 15 is 0 Å². The molecule has 0 aliphatic carbocycles. The molecule has 1 aromatic carbocycles. The van der Waals surface area contributed by atoms with Gasteiger partial charge in [0.25, 0.3) is 0 Å². The van der Waals surface area contributed by atoms with Gasteiger partial charge in [-0.25, -0.2) is 0 Å². The van der Waals surface area contributed by atoms with Gasteiger partial charge >= 0.3 is 0 Å². The maximum absolute atomic E-state index is 12.2. The number of nitrogens with one attached hydrogen (secondary N) is 1. The summed E-state index contributed by atoms with van der Waals surface area (Å²) < 4.78 is 0. The summed E-state index contributed by atoms with van der Waals surface area (Å²) in [4.78, 5) is 13.4. The molecule has 0 bridgehead atoms. The second-order valence-corrected chi connectivity index (χ2v) is 6.52. The Balaban J connectivity index is 1.74. The van der Waals surface area contributed by atoms with Crippen LogP contribution in [0.4, 0.5) is 0 Å². The van der Waals surface area contributed by atoms with Crippen LogP contribution in [-0.2, 0) is 4.79 Å². The Morgan fingerprint density at radius 2 is 1.91 bits per heavy atom. The van der Waals surface area contributed by atoms with E-state index in [1.165, 1.54) is 0 Å². The van der Waals surface area contributed by atoms with Crippen molar-refractivity contribution in [1.82, 2.24) is 5.32 Å². The van der Waals surface area contributed by atoms with Crippen molar-refractivity contribution in [2.45, 2.75) is 6.04 Å². The number of benzene rings is 1. The molecule has 3 aromatic rings. The molecule has 110 valence electrons. The van der Waals surface area contributed by atoms with Gasteiger partial charge in [-0.3, -0.25) is 4.79 Å². The third-order valence-electron chi connectivity index (χ3n) is 3.22. The molecule has 0 aliphatic rings. The molecule has 0 unspecified atom stereocenters. The number of carbonyl (C=O) groups excluding carboxylic acids is 1. The second-order valence-electron chi connectivity index (χ2n) is 4.76. The fraction of sp³-hybridized carbons (Fsp3) is 0.0556. The minimum Gasteiger partial charge on any atom is -0.341 e. The molecule has 0 saturated carbocycles. The van der Waals surface area contributed by atoms with E-state index in [9.17, 15) is 4.79 Å². The summed E-state index contributed by atoms with van der Waals surface area (Å²) in [5.74, 6) is -0.0894. The van der Waals surface area contributed by atoms with Gasteiger partial charge in [-0.15, -0.1) is 11.3 Å². The van der Waals surface area contributed by atoms with Gasteiger partial charge in [0.1, 0.15) is 0 Å². The van der Waals surface area contributed by atoms with Gasteiger partial charge in [0, 0.05) is 11.0 Å². The molecule has 2 nitrogen and oxygen atoms in total. The molecule has 2 heterocycles. The van der Waals surface area contributed by atoms with Crippen LogP contribution in [-0.4, -0.2) is 5.91 Å². The van der Waals surface area contributed by atoms with Crippen molar-refractivity contribution in [3.8, 4) is 0 Å². The molecule has 3 rings (SSSR count). The predicted octanol–water partition coefficient (Wildman–Crippen LogP) is 4.73. The number of thiophene rings is 2. The molecule has 0 fully saturated rings. The SMILES string of the molecule is O=C(/C=C/c1ccccc1)N[C@H](c1ccsc1)c1cccs1. The average molecular weight is 325 g/mol. The van der Waals surface area contributed by atoms with Gasteiger partial charge in [0.2, 0.25) is 5.91 Å². The number of hydrogen-bond acceptors (Lipinski definition) is 3. The lowest BCUT2D eigenvalue weighted by atomic mass is 10.1. The number of carbonyl (C=O) groups is 1. The molecular weight excluding hydrogens is 310 g/mol. The topological polar surface area (TPSA) is 29.1 Å². The van der Waals surface area contributed by atoms with Crippen LogP contribution in [0.5, 0.6) is 0 Å². The predicted molar refractivity (Wildman–Crippen MR) is 94.1 cm³/mol. The van der Waals surface area contributed by atoms with Crippen molar-refractivity contribution >= 4 is 34.7 Å². The third kappa shape index (κ3) is 3.72. The number of hydrogen-bond donors (Lipinski definition) is 1. The van der Waals surface area contributed by atoms with Crippen LogP contribution in [0.3, 0.4) is 0 Å². The van der Waals surface area contributed by atoms with Crippen molar-refractivity contribution in [3.05, 3.63) is 86.8 Å². The van der Waals surface area contributed by atoms with Gasteiger partial charge in [-0.05, 0) is 45.5 Å². The van der Waals surface area contributed by atoms with E-state index in [2.05, 4.69) is 16.8 Å². The molecule has 0 saturated heterocycles. The van der Waals surface area contributed by atoms with E-state index < -0.39 is 0 Å². The monoisotopic (exact) mass is 325 g/mol. The van der Waals surface area contributed by atoms with Crippen LogP contribution in [0, 0.1) is 0 Å². The zero-order valence-electron chi connectivity index (χ0n) is 11.8. The first kappa shape index (κ1) is 14.8. The van der Waals surface area contributed by atoms with Crippen molar-refractivity contribution in [3.63, 3.8) is 0 Å². The Morgan fingerprint density at radius 1 is 1.05 bits per heavy atom. The molecule has 0 spiro atoms. The zero-order valence-corrected chi connectivity index (χ0v) is 13.4. The summed E-state index contributed by atoms with van der Waals surface area (Å²) in [6.07, 6.45) is 3.41. The van der Waals surface area contributed by atoms with E-state index in [0.717, 1.165) is 16.0 Å². The van der Waals surface area contributed by atoms with E-state index in [1.54, 1.807) is 28.7 Å². The second kappa shape index (κ2) is 7.20. The van der Waals surface area contributed by atoms with E-state index in [1.807, 2.05) is 59.3 Å². The maximum atomic E-state index is 12.2. The summed E-state index contributed by atoms with van der Waals surface area (Å²) in [6.45, 7) is 0. The highest BCUT2D eigenvalue weighted by atomic mass is 32.1. The Hall–Kier alpha value is -2.17. The number of rotatable bonds is 5. The highest BCUT2D eigenvalue weighted by Gasteiger charge is 2.16. The third-order valence-corrected chi connectivity index (χ3v) is 4.86. The Bertz CT molecular complexity index is 697. The van der Waals surface area contributed by atoms with Crippen LogP contribution < -0.4 is 5.32 Å². The fourth-order valence-electron chi connectivity index (χ4n) is 2.14. The first-order valence-corrected chi connectivity index (χ1v) is 8.74. The highest BCUT2D eigenvalue weighted by Crippen LogP contribution is 2.27. The molecule has 22 heavy (non-hydrogen) atoms. The summed E-state index contributed by atoms with van der Waals surface area (Å²) >= 11 is 3.29. The Kier molecular flexibility index (Phi) is 4.83. The normalized spacial score (nSPS) is 12.4. The number of amides is 1. The van der Waals surface area contributed by atoms with E-state index in [4.69, 9.17) is 0 Å². The molecular formula is C18H15NOS2. The van der Waals surface area contributed by atoms with Crippen LogP contribution in [0.1, 0.15) is 22.0 Å². The maximum Gasteiger partial charge on any atom is 0.244 e. The van der Waals surface area contributed by atoms with Crippen molar-refractivity contribution in [2.24, 2.45) is 0 Å². The smallest absolute Gasteiger partial charge is 0.244 e. The van der Waals surface area contributed by atoms with Gasteiger partial charge in [0.05, 0.1) is 6.04 Å². The molecule has 0 radical (unpaired) electrons. The molecule has 0 aliphatic heterocycles. The molecule has 1 atom stereocenters. The molecule has 2 aromatic heterocycles. The van der Waals surface area contributed by atoms with Crippen LogP contribution in [0.15, 0.2) is 70.7 Å². The minimum absolute atomic E-state index is 0.0841. The molecule has 4 heteroatoms. The van der Waals surface area contributed by atoms with Gasteiger partial charge in [0.15, 0.2) is 0 Å². The molecule has 1 N–H and O–H groups in total. The van der Waals surface area contributed by atoms with Crippen LogP contribution in [0.25, 0.3) is 6.08 Å². The first-order chi connectivity index (χ1) is 10.8. The lowest BCUT2D eigenvalue weighted by Gasteiger charge is -2.15. The standard InChI is InChI=1S/C18H15NOS2/c20-17(9-8-14-5-2-1-3-6-14)19-18(15-10-12-21-13-15)16-7-4-11-22-16/h1-13,18H,(H,19,20)/b9-8+/t18-/m1/s1. The van der Waals surface area contributed by atoms with Crippen LogP contribution in [0.2, 0.25) is 0 Å². The summed E-state index contributed by atoms with van der Waals surface area (Å²) in [5.41, 5.74) is 2.13. The first-order valence-electron chi connectivity index (χ1n) is 6.92. The lowest BCUT2D eigenvalue weighted by molar-refractivity contribution is -0.116. The molecule has 1 amide bonds. The van der Waals surface area contributed by atoms with E-state index in [-0.39, 0.29) is 11.9 Å². The minimum atomic E-state index is -0.0894. The van der Waals surface area contributed by atoms with Gasteiger partial charge < -0.3 is 5.32 Å². The van der Waals surface area contributed by atoms with Gasteiger partial charge in [-0.1, -0.05) is 36.4 Å². The lowest BCUT2D eigenvalue weighted by Crippen LogP contribution is -2.26. The van der Waals surface area contributed by atoms with Crippen molar-refractivity contribution < 1.29 is 4.79 Å². The Morgan fingerprint density at radius 3 is 2.59 bits per heavy atom. The quantitative estimate of drug-likeness (QED) is 0.675. The van der Waals surface area contributed by atoms with Crippen molar-refractivity contribution in [2.75, 3.05) is 0 Å². The van der Waals surface area contributed by atoms with E-state index in [0.29, 0.717) is 0 Å². The van der Waals surface area contributed by atoms with Gasteiger partial charge in [-0.2, -0.15) is 11.3 Å². The fourth-order valence-corrected chi connectivity index (χ4v) is 3.63. The summed E-state index contributed by atoms with van der Waals surface area (Å²) in [6, 6.07) is 15.8. The summed E-state index contributed by atoms with van der Waals surface area (Å²) in [5, 5.41) is 9.22. The van der Waals surface area contributed by atoms with Crippen LogP contribution >= 0.6 is 22.7 Å². The average Bonchev–Trinajstić information content (AvgIpc) is 3.25. The largest absolute Gasteiger partial charge is 0.341 e. The zero-order chi connectivity index (χ0) is 15.2. The Labute approximate surface area is 137 Å². The van der Waals surface area contributed by atoms with Crippen molar-refractivity contribution in [1.29, 1.82) is 0 Å². The highest BCUT2D eigenvalue weighted by molar-refractivity contribution is 7.10. The summed E-state index contributed by atoms with van der Waals surface area (Å²) in [7, 11) is 0.